The minimum atomic E-state index is -3.41. The van der Waals surface area contributed by atoms with Crippen LogP contribution in [0, 0.1) is 5.92 Å². The fourth-order valence-corrected chi connectivity index (χ4v) is 3.48. The zero-order valence-corrected chi connectivity index (χ0v) is 17.6. The smallest absolute Gasteiger partial charge is 0.240 e. The second-order valence-electron chi connectivity index (χ2n) is 6.63. The first-order chi connectivity index (χ1) is 13.5. The number of rotatable bonds is 11. The van der Waals surface area contributed by atoms with Crippen molar-refractivity contribution in [1.82, 2.24) is 15.4 Å². The number of benzene rings is 1. The molecule has 0 saturated carbocycles. The van der Waals surface area contributed by atoms with Crippen molar-refractivity contribution in [2.45, 2.75) is 31.2 Å². The molecule has 158 valence electrons. The van der Waals surface area contributed by atoms with Crippen LogP contribution in [-0.2, 0) is 26.0 Å². The highest BCUT2D eigenvalue weighted by atomic mass is 32.2. The summed E-state index contributed by atoms with van der Waals surface area (Å²) in [5.41, 5.74) is 0.939. The van der Waals surface area contributed by atoms with Gasteiger partial charge in [-0.05, 0) is 44.5 Å². The Kier molecular flexibility index (Phi) is 9.69. The normalized spacial score (nSPS) is 17.6. The number of ether oxygens (including phenoxy) is 2. The first-order valence-corrected chi connectivity index (χ1v) is 11.2. The molecule has 0 radical (unpaired) electrons. The summed E-state index contributed by atoms with van der Waals surface area (Å²) in [6, 6.07) is 6.73. The Balaban J connectivity index is 1.73. The zero-order valence-electron chi connectivity index (χ0n) is 16.7. The van der Waals surface area contributed by atoms with Gasteiger partial charge in [0.05, 0.1) is 24.7 Å². The molecule has 1 atom stereocenters. The average molecular weight is 413 g/mol. The summed E-state index contributed by atoms with van der Waals surface area (Å²) in [5, 5.41) is 6.50. The number of hydrogen-bond acceptors (Lipinski definition) is 5. The van der Waals surface area contributed by atoms with Gasteiger partial charge in [-0.3, -0.25) is 0 Å². The molecule has 3 N–H and O–H groups in total. The summed E-state index contributed by atoms with van der Waals surface area (Å²) in [6.45, 7) is 7.17. The standard InChI is InChI=1S/C19H32N4O4S/c1-3-21-19(22-10-4-11-26-14-17-9-12-27-15-17)23-13-16-5-7-18(8-6-16)28(24,25)20-2/h5-8,17,20H,3-4,9-15H2,1-2H3,(H2,21,22,23). The Bertz CT molecular complexity index is 701. The summed E-state index contributed by atoms with van der Waals surface area (Å²) in [5.74, 6) is 1.28. The van der Waals surface area contributed by atoms with E-state index in [2.05, 4.69) is 20.3 Å². The summed E-state index contributed by atoms with van der Waals surface area (Å²) in [7, 11) is -2.01. The average Bonchev–Trinajstić information content (AvgIpc) is 3.22. The molecule has 0 aliphatic carbocycles. The number of guanidine groups is 1. The molecule has 28 heavy (non-hydrogen) atoms. The van der Waals surface area contributed by atoms with Crippen LogP contribution in [0.1, 0.15) is 25.3 Å². The molecule has 1 heterocycles. The van der Waals surface area contributed by atoms with E-state index in [4.69, 9.17) is 9.47 Å². The van der Waals surface area contributed by atoms with Gasteiger partial charge in [-0.1, -0.05) is 12.1 Å². The molecule has 1 aromatic rings. The summed E-state index contributed by atoms with van der Waals surface area (Å²) in [4.78, 5) is 4.80. The van der Waals surface area contributed by atoms with Gasteiger partial charge in [0, 0.05) is 32.2 Å². The molecule has 8 nitrogen and oxygen atoms in total. The van der Waals surface area contributed by atoms with Crippen LogP contribution in [0.15, 0.2) is 34.2 Å². The van der Waals surface area contributed by atoms with Gasteiger partial charge in [0.1, 0.15) is 0 Å². The third-order valence-corrected chi connectivity index (χ3v) is 5.83. The SMILES string of the molecule is CCNC(=NCc1ccc(S(=O)(=O)NC)cc1)NCCCOCC1CCOC1. The maximum atomic E-state index is 11.8. The van der Waals surface area contributed by atoms with Gasteiger partial charge in [0.2, 0.25) is 10.0 Å². The Labute approximate surface area is 168 Å². The van der Waals surface area contributed by atoms with Crippen molar-refractivity contribution in [2.24, 2.45) is 10.9 Å². The molecule has 9 heteroatoms. The molecule has 2 rings (SSSR count). The van der Waals surface area contributed by atoms with Gasteiger partial charge in [-0.25, -0.2) is 18.1 Å². The Hall–Kier alpha value is -1.68. The van der Waals surface area contributed by atoms with E-state index in [9.17, 15) is 8.42 Å². The monoisotopic (exact) mass is 412 g/mol. The van der Waals surface area contributed by atoms with Crippen LogP contribution in [-0.4, -0.2) is 60.9 Å². The second-order valence-corrected chi connectivity index (χ2v) is 8.52. The maximum absolute atomic E-state index is 11.8. The van der Waals surface area contributed by atoms with Crippen LogP contribution >= 0.6 is 0 Å². The quantitative estimate of drug-likeness (QED) is 0.286. The van der Waals surface area contributed by atoms with E-state index in [0.717, 1.165) is 57.3 Å². The van der Waals surface area contributed by atoms with Crippen molar-refractivity contribution in [3.8, 4) is 0 Å². The van der Waals surface area contributed by atoms with Crippen LogP contribution in [0.25, 0.3) is 0 Å². The van der Waals surface area contributed by atoms with Crippen LogP contribution in [0.5, 0.6) is 0 Å². The minimum Gasteiger partial charge on any atom is -0.381 e. The van der Waals surface area contributed by atoms with E-state index in [1.165, 1.54) is 7.05 Å². The Morgan fingerprint density at radius 2 is 2.07 bits per heavy atom. The first-order valence-electron chi connectivity index (χ1n) is 9.75. The number of aliphatic imine (C=N–C) groups is 1. The highest BCUT2D eigenvalue weighted by Gasteiger charge is 2.15. The molecule has 0 amide bonds. The molecule has 0 spiro atoms. The first kappa shape index (κ1) is 22.6. The van der Waals surface area contributed by atoms with Crippen molar-refractivity contribution < 1.29 is 17.9 Å². The van der Waals surface area contributed by atoms with Gasteiger partial charge < -0.3 is 20.1 Å². The van der Waals surface area contributed by atoms with Crippen LogP contribution in [0.3, 0.4) is 0 Å². The van der Waals surface area contributed by atoms with Gasteiger partial charge in [-0.15, -0.1) is 0 Å². The van der Waals surface area contributed by atoms with Crippen LogP contribution < -0.4 is 15.4 Å². The lowest BCUT2D eigenvalue weighted by molar-refractivity contribution is 0.0888. The summed E-state index contributed by atoms with van der Waals surface area (Å²) >= 11 is 0. The van der Waals surface area contributed by atoms with Gasteiger partial charge >= 0.3 is 0 Å². The molecule has 1 saturated heterocycles. The van der Waals surface area contributed by atoms with Gasteiger partial charge in [-0.2, -0.15) is 0 Å². The topological polar surface area (TPSA) is 101 Å². The maximum Gasteiger partial charge on any atom is 0.240 e. The molecule has 0 aromatic heterocycles. The van der Waals surface area contributed by atoms with E-state index in [1.54, 1.807) is 24.3 Å². The van der Waals surface area contributed by atoms with Crippen molar-refractivity contribution in [1.29, 1.82) is 0 Å². The summed E-state index contributed by atoms with van der Waals surface area (Å²) in [6.07, 6.45) is 1.99. The van der Waals surface area contributed by atoms with Crippen molar-refractivity contribution in [3.05, 3.63) is 29.8 Å². The molecule has 1 aliphatic heterocycles. The number of nitrogens with zero attached hydrogens (tertiary/aromatic N) is 1. The molecular formula is C19H32N4O4S. The Morgan fingerprint density at radius 1 is 1.29 bits per heavy atom. The van der Waals surface area contributed by atoms with E-state index in [0.29, 0.717) is 19.1 Å². The van der Waals surface area contributed by atoms with E-state index >= 15 is 0 Å². The lowest BCUT2D eigenvalue weighted by Gasteiger charge is -2.12. The van der Waals surface area contributed by atoms with Crippen molar-refractivity contribution >= 4 is 16.0 Å². The largest absolute Gasteiger partial charge is 0.381 e. The third-order valence-electron chi connectivity index (χ3n) is 4.40. The third kappa shape index (κ3) is 7.75. The van der Waals surface area contributed by atoms with Crippen molar-refractivity contribution in [3.63, 3.8) is 0 Å². The number of nitrogens with one attached hydrogen (secondary N) is 3. The molecule has 1 unspecified atom stereocenters. The van der Waals surface area contributed by atoms with Gasteiger partial charge in [0.25, 0.3) is 0 Å². The van der Waals surface area contributed by atoms with Crippen molar-refractivity contribution in [2.75, 3.05) is 46.6 Å². The summed E-state index contributed by atoms with van der Waals surface area (Å²) < 4.78 is 36.9. The van der Waals surface area contributed by atoms with E-state index in [-0.39, 0.29) is 4.90 Å². The molecule has 1 fully saturated rings. The highest BCUT2D eigenvalue weighted by Crippen LogP contribution is 2.12. The zero-order chi connectivity index (χ0) is 20.2. The lowest BCUT2D eigenvalue weighted by Crippen LogP contribution is -2.38. The fraction of sp³-hybridized carbons (Fsp3) is 0.632. The lowest BCUT2D eigenvalue weighted by atomic mass is 10.1. The highest BCUT2D eigenvalue weighted by molar-refractivity contribution is 7.89. The predicted molar refractivity (Wildman–Crippen MR) is 110 cm³/mol. The molecule has 1 aromatic carbocycles. The fourth-order valence-electron chi connectivity index (χ4n) is 2.75. The minimum absolute atomic E-state index is 0.247. The van der Waals surface area contributed by atoms with Gasteiger partial charge in [0.15, 0.2) is 5.96 Å². The molecule has 0 bridgehead atoms. The van der Waals surface area contributed by atoms with Crippen LogP contribution in [0.4, 0.5) is 0 Å². The Morgan fingerprint density at radius 3 is 2.71 bits per heavy atom. The van der Waals surface area contributed by atoms with Crippen LogP contribution in [0.2, 0.25) is 0 Å². The second kappa shape index (κ2) is 12.0. The molecule has 1 aliphatic rings. The number of hydrogen-bond donors (Lipinski definition) is 3. The molecular weight excluding hydrogens is 380 g/mol. The predicted octanol–water partition coefficient (Wildman–Crippen LogP) is 1.09. The van der Waals surface area contributed by atoms with E-state index < -0.39 is 10.0 Å². The number of sulfonamides is 1. The van der Waals surface area contributed by atoms with E-state index in [1.807, 2.05) is 6.92 Å².